The van der Waals surface area contributed by atoms with E-state index in [1.807, 2.05) is 6.20 Å². The number of carbonyl (C=O) groups is 1. The average Bonchev–Trinajstić information content (AvgIpc) is 2.95. The largest absolute Gasteiger partial charge is 0.343 e. The van der Waals surface area contributed by atoms with Crippen LogP contribution in [0.2, 0.25) is 0 Å². The Morgan fingerprint density at radius 2 is 2.00 bits per heavy atom. The fourth-order valence-electron chi connectivity index (χ4n) is 3.82. The number of hydrogen-bond donors (Lipinski definition) is 0. The molecule has 0 aromatic carbocycles. The van der Waals surface area contributed by atoms with Gasteiger partial charge in [-0.1, -0.05) is 19.3 Å². The first-order chi connectivity index (χ1) is 10.6. The number of aromatic nitrogens is 2. The second-order valence-corrected chi connectivity index (χ2v) is 7.05. The summed E-state index contributed by atoms with van der Waals surface area (Å²) in [6, 6.07) is 0.305. The van der Waals surface area contributed by atoms with Crippen LogP contribution in [0.15, 0.2) is 6.20 Å². The molecule has 5 heteroatoms. The molecule has 1 aromatic heterocycles. The number of carbonyl (C=O) groups excluding carboxylic acids is 1. The fraction of sp³-hybridized carbons (Fsp3) is 0.765. The van der Waals surface area contributed by atoms with Crippen molar-refractivity contribution in [2.45, 2.75) is 51.6 Å². The van der Waals surface area contributed by atoms with E-state index in [1.54, 1.807) is 19.0 Å². The molecule has 1 saturated carbocycles. The Balaban J connectivity index is 1.71. The van der Waals surface area contributed by atoms with Crippen molar-refractivity contribution in [1.29, 1.82) is 0 Å². The minimum Gasteiger partial charge on any atom is -0.343 e. The third-order valence-electron chi connectivity index (χ3n) is 5.20. The summed E-state index contributed by atoms with van der Waals surface area (Å²) in [4.78, 5) is 20.9. The van der Waals surface area contributed by atoms with Gasteiger partial charge < -0.3 is 9.47 Å². The number of hydrogen-bond acceptors (Lipinski definition) is 3. The Morgan fingerprint density at radius 1 is 1.27 bits per heavy atom. The van der Waals surface area contributed by atoms with Crippen LogP contribution in [0.3, 0.4) is 0 Å². The molecule has 2 heterocycles. The summed E-state index contributed by atoms with van der Waals surface area (Å²) in [5.74, 6) is 1.89. The van der Waals surface area contributed by atoms with E-state index in [4.69, 9.17) is 0 Å². The molecular weight excluding hydrogens is 276 g/mol. The number of rotatable bonds is 3. The molecular formula is C17H28N4O. The van der Waals surface area contributed by atoms with Crippen LogP contribution in [0.4, 0.5) is 0 Å². The lowest BCUT2D eigenvalue weighted by atomic mass is 9.88. The molecule has 1 aliphatic carbocycles. The fourth-order valence-corrected chi connectivity index (χ4v) is 3.82. The number of nitrogens with zero attached hydrogens (tertiary/aromatic N) is 4. The highest BCUT2D eigenvalue weighted by Gasteiger charge is 2.29. The summed E-state index contributed by atoms with van der Waals surface area (Å²) < 4.78 is 2.17. The molecule has 2 aliphatic rings. The van der Waals surface area contributed by atoms with Gasteiger partial charge in [0.05, 0.1) is 6.04 Å². The summed E-state index contributed by atoms with van der Waals surface area (Å²) in [6.45, 7) is 5.42. The van der Waals surface area contributed by atoms with E-state index >= 15 is 0 Å². The van der Waals surface area contributed by atoms with E-state index in [-0.39, 0.29) is 5.91 Å². The lowest BCUT2D eigenvalue weighted by molar-refractivity contribution is 0.0822. The number of amides is 1. The molecule has 1 unspecified atom stereocenters. The lowest BCUT2D eigenvalue weighted by Crippen LogP contribution is -2.40. The van der Waals surface area contributed by atoms with E-state index in [2.05, 4.69) is 21.4 Å². The van der Waals surface area contributed by atoms with Crippen molar-refractivity contribution < 1.29 is 4.79 Å². The number of fused-ring (bicyclic) bond motifs is 1. The van der Waals surface area contributed by atoms with Crippen LogP contribution < -0.4 is 0 Å². The van der Waals surface area contributed by atoms with E-state index in [1.165, 1.54) is 38.6 Å². The van der Waals surface area contributed by atoms with Crippen LogP contribution in [-0.2, 0) is 6.54 Å². The Bertz CT molecular complexity index is 531. The minimum atomic E-state index is -0.00655. The normalized spacial score (nSPS) is 23.3. The van der Waals surface area contributed by atoms with Crippen molar-refractivity contribution in [3.05, 3.63) is 17.7 Å². The van der Waals surface area contributed by atoms with E-state index < -0.39 is 0 Å². The summed E-state index contributed by atoms with van der Waals surface area (Å²) in [7, 11) is 3.55. The second-order valence-electron chi connectivity index (χ2n) is 7.05. The smallest absolute Gasteiger partial charge is 0.273 e. The van der Waals surface area contributed by atoms with E-state index in [0.717, 1.165) is 24.8 Å². The minimum absolute atomic E-state index is 0.00655. The molecule has 1 amide bonds. The van der Waals surface area contributed by atoms with Gasteiger partial charge in [-0.3, -0.25) is 9.69 Å². The molecule has 5 nitrogen and oxygen atoms in total. The standard InChI is InChI=1S/C17H28N4O/c1-13-16-18-15(17(22)19(2)3)12-21(16)10-9-20(13)11-14-7-5-4-6-8-14/h12-14H,4-11H2,1-3H3. The van der Waals surface area contributed by atoms with Crippen molar-refractivity contribution in [3.8, 4) is 0 Å². The van der Waals surface area contributed by atoms with E-state index in [9.17, 15) is 4.79 Å². The van der Waals surface area contributed by atoms with Crippen molar-refractivity contribution in [2.75, 3.05) is 27.2 Å². The molecule has 0 N–H and O–H groups in total. The van der Waals surface area contributed by atoms with Gasteiger partial charge in [-0.15, -0.1) is 0 Å². The molecule has 22 heavy (non-hydrogen) atoms. The topological polar surface area (TPSA) is 41.4 Å². The Morgan fingerprint density at radius 3 is 2.68 bits per heavy atom. The maximum Gasteiger partial charge on any atom is 0.273 e. The van der Waals surface area contributed by atoms with Gasteiger partial charge in [0.2, 0.25) is 0 Å². The zero-order valence-electron chi connectivity index (χ0n) is 14.1. The molecule has 1 aromatic rings. The predicted octanol–water partition coefficient (Wildman–Crippen LogP) is 2.54. The van der Waals surface area contributed by atoms with Gasteiger partial charge >= 0.3 is 0 Å². The Labute approximate surface area is 133 Å². The van der Waals surface area contributed by atoms with Gasteiger partial charge in [0.25, 0.3) is 5.91 Å². The van der Waals surface area contributed by atoms with Crippen molar-refractivity contribution >= 4 is 5.91 Å². The summed E-state index contributed by atoms with van der Waals surface area (Å²) >= 11 is 0. The van der Waals surface area contributed by atoms with E-state index in [0.29, 0.717) is 11.7 Å². The molecule has 0 spiro atoms. The van der Waals surface area contributed by atoms with Crippen molar-refractivity contribution in [1.82, 2.24) is 19.4 Å². The van der Waals surface area contributed by atoms with Gasteiger partial charge in [0.15, 0.2) is 0 Å². The summed E-state index contributed by atoms with van der Waals surface area (Å²) in [6.07, 6.45) is 8.87. The summed E-state index contributed by atoms with van der Waals surface area (Å²) in [5, 5.41) is 0. The third-order valence-corrected chi connectivity index (χ3v) is 5.20. The molecule has 1 atom stereocenters. The van der Waals surface area contributed by atoms with Crippen LogP contribution in [-0.4, -0.2) is 52.4 Å². The SMILES string of the molecule is CC1c2nc(C(=O)N(C)C)cn2CCN1CC1CCCCC1. The summed E-state index contributed by atoms with van der Waals surface area (Å²) in [5.41, 5.74) is 0.575. The highest BCUT2D eigenvalue weighted by molar-refractivity contribution is 5.91. The second kappa shape index (κ2) is 6.41. The Kier molecular flexibility index (Phi) is 4.52. The van der Waals surface area contributed by atoms with Crippen LogP contribution in [0, 0.1) is 5.92 Å². The first-order valence-electron chi connectivity index (χ1n) is 8.59. The molecule has 0 radical (unpaired) electrons. The van der Waals surface area contributed by atoms with Crippen LogP contribution in [0.25, 0.3) is 0 Å². The van der Waals surface area contributed by atoms with Crippen LogP contribution in [0.1, 0.15) is 61.4 Å². The first-order valence-corrected chi connectivity index (χ1v) is 8.59. The van der Waals surface area contributed by atoms with Crippen LogP contribution in [0.5, 0.6) is 0 Å². The lowest BCUT2D eigenvalue weighted by Gasteiger charge is -2.37. The quantitative estimate of drug-likeness (QED) is 0.862. The number of imidazole rings is 1. The first kappa shape index (κ1) is 15.5. The third kappa shape index (κ3) is 3.05. The maximum atomic E-state index is 12.1. The van der Waals surface area contributed by atoms with Crippen LogP contribution >= 0.6 is 0 Å². The zero-order chi connectivity index (χ0) is 15.7. The molecule has 122 valence electrons. The zero-order valence-corrected chi connectivity index (χ0v) is 14.1. The van der Waals surface area contributed by atoms with Crippen molar-refractivity contribution in [3.63, 3.8) is 0 Å². The van der Waals surface area contributed by atoms with Gasteiger partial charge in [-0.2, -0.15) is 0 Å². The monoisotopic (exact) mass is 304 g/mol. The predicted molar refractivity (Wildman–Crippen MR) is 86.8 cm³/mol. The molecule has 0 bridgehead atoms. The average molecular weight is 304 g/mol. The molecule has 1 fully saturated rings. The highest BCUT2D eigenvalue weighted by atomic mass is 16.2. The molecule has 3 rings (SSSR count). The van der Waals surface area contributed by atoms with Gasteiger partial charge in [-0.05, 0) is 25.7 Å². The molecule has 1 aliphatic heterocycles. The highest BCUT2D eigenvalue weighted by Crippen LogP contribution is 2.30. The Hall–Kier alpha value is -1.36. The van der Waals surface area contributed by atoms with Gasteiger partial charge in [0.1, 0.15) is 11.5 Å². The maximum absolute atomic E-state index is 12.1. The van der Waals surface area contributed by atoms with Gasteiger partial charge in [-0.25, -0.2) is 4.98 Å². The van der Waals surface area contributed by atoms with Gasteiger partial charge in [0, 0.05) is 39.9 Å². The van der Waals surface area contributed by atoms with Crippen molar-refractivity contribution in [2.24, 2.45) is 5.92 Å². The molecule has 0 saturated heterocycles.